The van der Waals surface area contributed by atoms with Crippen molar-refractivity contribution >= 4 is 29.3 Å². The lowest BCUT2D eigenvalue weighted by Crippen LogP contribution is -2.34. The molecule has 2 N–H and O–H groups in total. The van der Waals surface area contributed by atoms with Crippen LogP contribution in [-0.2, 0) is 0 Å². The van der Waals surface area contributed by atoms with Gasteiger partial charge in [-0.2, -0.15) is 11.8 Å². The molecule has 3 rings (SSSR count). The molecule has 0 aliphatic carbocycles. The molecule has 2 aromatic rings. The van der Waals surface area contributed by atoms with Gasteiger partial charge in [-0.05, 0) is 42.9 Å². The number of aryl methyl sites for hydroxylation is 1. The Labute approximate surface area is 149 Å². The van der Waals surface area contributed by atoms with Gasteiger partial charge >= 0.3 is 0 Å². The van der Waals surface area contributed by atoms with Crippen LogP contribution in [0.15, 0.2) is 36.7 Å². The molecule has 1 aromatic heterocycles. The van der Waals surface area contributed by atoms with Crippen molar-refractivity contribution < 1.29 is 14.0 Å². The molecular formula is C18H18FN3O2S. The molecule has 0 radical (unpaired) electrons. The maximum absolute atomic E-state index is 13.2. The first-order valence-electron chi connectivity index (χ1n) is 7.94. The van der Waals surface area contributed by atoms with E-state index in [0.717, 1.165) is 35.8 Å². The van der Waals surface area contributed by atoms with Crippen LogP contribution in [0, 0.1) is 12.7 Å². The molecule has 0 bridgehead atoms. The van der Waals surface area contributed by atoms with Crippen LogP contribution in [0.5, 0.6) is 0 Å². The first-order chi connectivity index (χ1) is 12.0. The molecule has 1 aliphatic heterocycles. The summed E-state index contributed by atoms with van der Waals surface area (Å²) < 4.78 is 13.2. The van der Waals surface area contributed by atoms with E-state index in [-0.39, 0.29) is 17.5 Å². The molecule has 1 saturated heterocycles. The minimum atomic E-state index is -0.577. The third-order valence-electron chi connectivity index (χ3n) is 3.98. The van der Waals surface area contributed by atoms with Crippen molar-refractivity contribution in [3.05, 3.63) is 59.2 Å². The Morgan fingerprint density at radius 1 is 1.20 bits per heavy atom. The van der Waals surface area contributed by atoms with Crippen LogP contribution in [0.4, 0.5) is 10.1 Å². The Morgan fingerprint density at radius 2 is 2.04 bits per heavy atom. The normalized spacial score (nSPS) is 16.5. The Morgan fingerprint density at radius 3 is 2.76 bits per heavy atom. The minimum Gasteiger partial charge on any atom is -0.348 e. The van der Waals surface area contributed by atoms with Crippen molar-refractivity contribution in [1.29, 1.82) is 0 Å². The summed E-state index contributed by atoms with van der Waals surface area (Å²) in [5.41, 5.74) is 1.93. The van der Waals surface area contributed by atoms with Crippen molar-refractivity contribution in [2.45, 2.75) is 19.4 Å². The van der Waals surface area contributed by atoms with E-state index in [4.69, 9.17) is 0 Å². The van der Waals surface area contributed by atoms with Gasteiger partial charge in [0.05, 0.1) is 11.8 Å². The Hall–Kier alpha value is -2.41. The van der Waals surface area contributed by atoms with Crippen molar-refractivity contribution in [1.82, 2.24) is 10.3 Å². The molecular weight excluding hydrogens is 341 g/mol. The second kappa shape index (κ2) is 7.65. The minimum absolute atomic E-state index is 0.122. The number of aromatic nitrogens is 1. The average molecular weight is 359 g/mol. The molecule has 130 valence electrons. The fourth-order valence-corrected chi connectivity index (χ4v) is 3.70. The van der Waals surface area contributed by atoms with Crippen LogP contribution in [-0.4, -0.2) is 34.3 Å². The molecule has 25 heavy (non-hydrogen) atoms. The third kappa shape index (κ3) is 4.36. The van der Waals surface area contributed by atoms with Crippen molar-refractivity contribution in [3.8, 4) is 0 Å². The van der Waals surface area contributed by atoms with Crippen LogP contribution < -0.4 is 10.6 Å². The van der Waals surface area contributed by atoms with Gasteiger partial charge in [-0.3, -0.25) is 14.6 Å². The molecule has 2 heterocycles. The van der Waals surface area contributed by atoms with E-state index >= 15 is 0 Å². The second-order valence-corrected chi connectivity index (χ2v) is 7.06. The van der Waals surface area contributed by atoms with Crippen molar-refractivity contribution in [3.63, 3.8) is 0 Å². The van der Waals surface area contributed by atoms with E-state index in [1.54, 1.807) is 18.2 Å². The summed E-state index contributed by atoms with van der Waals surface area (Å²) in [5.74, 6) is 0.775. The molecule has 1 fully saturated rings. The number of hydrogen-bond acceptors (Lipinski definition) is 4. The molecule has 1 unspecified atom stereocenters. The Kier molecular flexibility index (Phi) is 5.33. The van der Waals surface area contributed by atoms with E-state index in [2.05, 4.69) is 15.6 Å². The van der Waals surface area contributed by atoms with E-state index in [1.165, 1.54) is 6.20 Å². The summed E-state index contributed by atoms with van der Waals surface area (Å²) in [7, 11) is 0. The number of nitrogens with zero attached hydrogens (tertiary/aromatic N) is 1. The fourth-order valence-electron chi connectivity index (χ4n) is 2.55. The van der Waals surface area contributed by atoms with Gasteiger partial charge in [-0.25, -0.2) is 4.39 Å². The van der Waals surface area contributed by atoms with Gasteiger partial charge in [-0.15, -0.1) is 0 Å². The van der Waals surface area contributed by atoms with Crippen LogP contribution in [0.1, 0.15) is 32.7 Å². The lowest BCUT2D eigenvalue weighted by molar-refractivity contribution is 0.0940. The lowest BCUT2D eigenvalue weighted by Gasteiger charge is -2.13. The average Bonchev–Trinajstić information content (AvgIpc) is 3.09. The molecule has 0 saturated carbocycles. The predicted octanol–water partition coefficient (Wildman–Crippen LogP) is 3.02. The van der Waals surface area contributed by atoms with Gasteiger partial charge in [0.2, 0.25) is 0 Å². The molecule has 1 aromatic carbocycles. The van der Waals surface area contributed by atoms with E-state index < -0.39 is 11.7 Å². The predicted molar refractivity (Wildman–Crippen MR) is 96.5 cm³/mol. The SMILES string of the molecule is Cc1ccc(C(=O)NC2CCSC2)cc1NC(=O)c1cncc(F)c1. The molecule has 7 heteroatoms. The highest BCUT2D eigenvalue weighted by molar-refractivity contribution is 7.99. The number of carbonyl (C=O) groups excluding carboxylic acids is 2. The summed E-state index contributed by atoms with van der Waals surface area (Å²) in [6, 6.07) is 6.45. The highest BCUT2D eigenvalue weighted by atomic mass is 32.2. The summed E-state index contributed by atoms with van der Waals surface area (Å²) in [4.78, 5) is 28.3. The van der Waals surface area contributed by atoms with E-state index in [1.807, 2.05) is 18.7 Å². The van der Waals surface area contributed by atoms with Gasteiger partial charge in [0.1, 0.15) is 5.82 Å². The molecule has 5 nitrogen and oxygen atoms in total. The van der Waals surface area contributed by atoms with Gasteiger partial charge < -0.3 is 10.6 Å². The van der Waals surface area contributed by atoms with Crippen molar-refractivity contribution in [2.75, 3.05) is 16.8 Å². The van der Waals surface area contributed by atoms with Gasteiger partial charge in [-0.1, -0.05) is 6.07 Å². The monoisotopic (exact) mass is 359 g/mol. The van der Waals surface area contributed by atoms with Gasteiger partial charge in [0.25, 0.3) is 11.8 Å². The number of anilines is 1. The molecule has 1 atom stereocenters. The van der Waals surface area contributed by atoms with Crippen LogP contribution in [0.2, 0.25) is 0 Å². The Bertz CT molecular complexity index is 807. The Balaban J connectivity index is 1.74. The number of thioether (sulfide) groups is 1. The molecule has 0 spiro atoms. The van der Waals surface area contributed by atoms with Crippen LogP contribution >= 0.6 is 11.8 Å². The highest BCUT2D eigenvalue weighted by Gasteiger charge is 2.19. The molecule has 2 amide bonds. The first-order valence-corrected chi connectivity index (χ1v) is 9.09. The number of halogens is 1. The standard InChI is InChI=1S/C18H18FN3O2S/c1-11-2-3-12(17(23)21-15-4-5-25-10-15)7-16(11)22-18(24)13-6-14(19)9-20-8-13/h2-3,6-9,15H,4-5,10H2,1H3,(H,21,23)(H,22,24). The van der Waals surface area contributed by atoms with Crippen molar-refractivity contribution in [2.24, 2.45) is 0 Å². The largest absolute Gasteiger partial charge is 0.348 e. The maximum atomic E-state index is 13.2. The lowest BCUT2D eigenvalue weighted by atomic mass is 10.1. The smallest absolute Gasteiger partial charge is 0.257 e. The zero-order valence-corrected chi connectivity index (χ0v) is 14.5. The summed E-state index contributed by atoms with van der Waals surface area (Å²) in [6.45, 7) is 1.83. The van der Waals surface area contributed by atoms with Crippen LogP contribution in [0.3, 0.4) is 0 Å². The number of benzene rings is 1. The zero-order chi connectivity index (χ0) is 17.8. The van der Waals surface area contributed by atoms with Gasteiger partial charge in [0, 0.05) is 29.2 Å². The highest BCUT2D eigenvalue weighted by Crippen LogP contribution is 2.20. The zero-order valence-electron chi connectivity index (χ0n) is 13.7. The number of nitrogens with one attached hydrogen (secondary N) is 2. The summed E-state index contributed by atoms with van der Waals surface area (Å²) in [6.07, 6.45) is 3.30. The first kappa shape index (κ1) is 17.4. The number of hydrogen-bond donors (Lipinski definition) is 2. The number of amides is 2. The third-order valence-corrected chi connectivity index (χ3v) is 5.14. The van der Waals surface area contributed by atoms with Gasteiger partial charge in [0.15, 0.2) is 0 Å². The quantitative estimate of drug-likeness (QED) is 0.880. The van der Waals surface area contributed by atoms with E-state index in [0.29, 0.717) is 11.3 Å². The van der Waals surface area contributed by atoms with E-state index in [9.17, 15) is 14.0 Å². The summed E-state index contributed by atoms with van der Waals surface area (Å²) in [5, 5.41) is 5.72. The number of rotatable bonds is 4. The second-order valence-electron chi connectivity index (χ2n) is 5.91. The molecule has 1 aliphatic rings. The van der Waals surface area contributed by atoms with Crippen LogP contribution in [0.25, 0.3) is 0 Å². The maximum Gasteiger partial charge on any atom is 0.257 e. The topological polar surface area (TPSA) is 71.1 Å². The number of pyridine rings is 1. The summed E-state index contributed by atoms with van der Waals surface area (Å²) >= 11 is 1.82. The fraction of sp³-hybridized carbons (Fsp3) is 0.278. The number of carbonyl (C=O) groups is 2.